The average molecular weight is 247 g/mol. The molecule has 1 heterocycles. The Morgan fingerprint density at radius 1 is 1.18 bits per heavy atom. The van der Waals surface area contributed by atoms with Crippen LogP contribution in [0.5, 0.6) is 0 Å². The van der Waals surface area contributed by atoms with Crippen molar-refractivity contribution in [1.29, 1.82) is 0 Å². The van der Waals surface area contributed by atoms with Crippen LogP contribution in [0.25, 0.3) is 0 Å². The maximum Gasteiger partial charge on any atom is 0.251 e. The van der Waals surface area contributed by atoms with Gasteiger partial charge in [0.15, 0.2) is 0 Å². The van der Waals surface area contributed by atoms with E-state index in [1.54, 1.807) is 30.5 Å². The predicted molar refractivity (Wildman–Crippen MR) is 66.9 cm³/mol. The van der Waals surface area contributed by atoms with Gasteiger partial charge in [-0.15, -0.1) is 0 Å². The summed E-state index contributed by atoms with van der Waals surface area (Å²) in [6.45, 7) is 0.419. The first-order chi connectivity index (χ1) is 8.25. The fourth-order valence-corrected chi connectivity index (χ4v) is 1.50. The summed E-state index contributed by atoms with van der Waals surface area (Å²) in [7, 11) is 0. The second-order valence-corrected chi connectivity index (χ2v) is 3.95. The zero-order chi connectivity index (χ0) is 12.1. The highest BCUT2D eigenvalue weighted by atomic mass is 35.5. The number of pyridine rings is 1. The lowest BCUT2D eigenvalue weighted by molar-refractivity contribution is 0.0950. The minimum atomic E-state index is -0.132. The van der Waals surface area contributed by atoms with E-state index in [0.29, 0.717) is 17.1 Å². The summed E-state index contributed by atoms with van der Waals surface area (Å²) < 4.78 is 0. The van der Waals surface area contributed by atoms with Crippen molar-refractivity contribution >= 4 is 17.5 Å². The number of aromatic nitrogens is 1. The molecule has 1 aromatic heterocycles. The smallest absolute Gasteiger partial charge is 0.251 e. The monoisotopic (exact) mass is 246 g/mol. The van der Waals surface area contributed by atoms with Gasteiger partial charge in [0.25, 0.3) is 5.91 Å². The summed E-state index contributed by atoms with van der Waals surface area (Å²) in [5.74, 6) is -0.132. The molecule has 17 heavy (non-hydrogen) atoms. The molecule has 2 rings (SSSR count). The Morgan fingerprint density at radius 2 is 1.94 bits per heavy atom. The van der Waals surface area contributed by atoms with Gasteiger partial charge in [-0.3, -0.25) is 9.78 Å². The van der Waals surface area contributed by atoms with E-state index in [4.69, 9.17) is 11.6 Å². The van der Waals surface area contributed by atoms with Gasteiger partial charge in [0.2, 0.25) is 0 Å². The van der Waals surface area contributed by atoms with Crippen molar-refractivity contribution < 1.29 is 4.79 Å². The molecule has 0 saturated carbocycles. The fourth-order valence-electron chi connectivity index (χ4n) is 1.38. The maximum atomic E-state index is 11.7. The first-order valence-corrected chi connectivity index (χ1v) is 5.57. The van der Waals surface area contributed by atoms with Crippen LogP contribution in [-0.2, 0) is 6.54 Å². The van der Waals surface area contributed by atoms with Gasteiger partial charge in [-0.2, -0.15) is 0 Å². The van der Waals surface area contributed by atoms with Gasteiger partial charge >= 0.3 is 0 Å². The van der Waals surface area contributed by atoms with E-state index in [1.807, 2.05) is 18.2 Å². The Bertz CT molecular complexity index is 497. The molecule has 1 amide bonds. The number of carbonyl (C=O) groups is 1. The average Bonchev–Trinajstić information content (AvgIpc) is 2.38. The molecule has 1 N–H and O–H groups in total. The van der Waals surface area contributed by atoms with E-state index >= 15 is 0 Å². The third kappa shape index (κ3) is 3.29. The van der Waals surface area contributed by atoms with Gasteiger partial charge < -0.3 is 5.32 Å². The number of hydrogen-bond acceptors (Lipinski definition) is 2. The van der Waals surface area contributed by atoms with Crippen LogP contribution >= 0.6 is 11.6 Å². The Balaban J connectivity index is 1.96. The molecule has 0 atom stereocenters. The maximum absolute atomic E-state index is 11.7. The molecule has 4 heteroatoms. The number of hydrogen-bond donors (Lipinski definition) is 1. The van der Waals surface area contributed by atoms with Crippen LogP contribution < -0.4 is 5.32 Å². The van der Waals surface area contributed by atoms with Crippen LogP contribution in [-0.4, -0.2) is 10.9 Å². The Kier molecular flexibility index (Phi) is 3.73. The van der Waals surface area contributed by atoms with Gasteiger partial charge in [0.05, 0.1) is 12.2 Å². The van der Waals surface area contributed by atoms with Crippen LogP contribution in [0.2, 0.25) is 5.02 Å². The summed E-state index contributed by atoms with van der Waals surface area (Å²) >= 11 is 5.75. The Morgan fingerprint density at radius 3 is 2.59 bits per heavy atom. The quantitative estimate of drug-likeness (QED) is 0.905. The molecule has 3 nitrogen and oxygen atoms in total. The van der Waals surface area contributed by atoms with E-state index < -0.39 is 0 Å². The lowest BCUT2D eigenvalue weighted by Crippen LogP contribution is -2.23. The number of nitrogens with zero attached hydrogens (tertiary/aromatic N) is 1. The molecule has 0 aliphatic carbocycles. The van der Waals surface area contributed by atoms with Crippen molar-refractivity contribution in [3.05, 3.63) is 64.9 Å². The van der Waals surface area contributed by atoms with E-state index in [0.717, 1.165) is 5.69 Å². The van der Waals surface area contributed by atoms with Crippen LogP contribution in [0.3, 0.4) is 0 Å². The Labute approximate surface area is 104 Å². The number of rotatable bonds is 3. The highest BCUT2D eigenvalue weighted by molar-refractivity contribution is 6.30. The van der Waals surface area contributed by atoms with Crippen LogP contribution in [0, 0.1) is 0 Å². The van der Waals surface area contributed by atoms with Crippen molar-refractivity contribution in [1.82, 2.24) is 10.3 Å². The SMILES string of the molecule is O=C(NCc1ccccn1)c1ccc(Cl)cc1. The fraction of sp³-hybridized carbons (Fsp3) is 0.0769. The molecule has 2 aromatic rings. The highest BCUT2D eigenvalue weighted by Crippen LogP contribution is 2.09. The normalized spacial score (nSPS) is 9.94. The number of carbonyl (C=O) groups excluding carboxylic acids is 1. The summed E-state index contributed by atoms with van der Waals surface area (Å²) in [6.07, 6.45) is 1.70. The minimum absolute atomic E-state index is 0.132. The first kappa shape index (κ1) is 11.6. The molecule has 0 unspecified atom stereocenters. The van der Waals surface area contributed by atoms with Crippen molar-refractivity contribution in [2.75, 3.05) is 0 Å². The standard InChI is InChI=1S/C13H11ClN2O/c14-11-6-4-10(5-7-11)13(17)16-9-12-3-1-2-8-15-12/h1-8H,9H2,(H,16,17). The molecule has 0 aliphatic rings. The summed E-state index contributed by atoms with van der Waals surface area (Å²) in [6, 6.07) is 12.4. The van der Waals surface area contributed by atoms with Crippen molar-refractivity contribution in [3.8, 4) is 0 Å². The minimum Gasteiger partial charge on any atom is -0.346 e. The molecule has 0 bridgehead atoms. The lowest BCUT2D eigenvalue weighted by atomic mass is 10.2. The molecule has 1 aromatic carbocycles. The Hall–Kier alpha value is -1.87. The molecule has 0 aliphatic heterocycles. The second-order valence-electron chi connectivity index (χ2n) is 3.51. The molecular weight excluding hydrogens is 236 g/mol. The molecule has 86 valence electrons. The summed E-state index contributed by atoms with van der Waals surface area (Å²) in [5, 5.41) is 3.41. The zero-order valence-electron chi connectivity index (χ0n) is 9.06. The second kappa shape index (κ2) is 5.46. The summed E-state index contributed by atoms with van der Waals surface area (Å²) in [5.41, 5.74) is 1.42. The van der Waals surface area contributed by atoms with E-state index in [9.17, 15) is 4.79 Å². The van der Waals surface area contributed by atoms with Crippen LogP contribution in [0.1, 0.15) is 16.1 Å². The zero-order valence-corrected chi connectivity index (χ0v) is 9.82. The van der Waals surface area contributed by atoms with Crippen molar-refractivity contribution in [2.24, 2.45) is 0 Å². The molecule has 0 radical (unpaired) electrons. The third-order valence-electron chi connectivity index (χ3n) is 2.26. The number of nitrogens with one attached hydrogen (secondary N) is 1. The van der Waals surface area contributed by atoms with Gasteiger partial charge in [0, 0.05) is 16.8 Å². The van der Waals surface area contributed by atoms with E-state index in [2.05, 4.69) is 10.3 Å². The topological polar surface area (TPSA) is 42.0 Å². The number of amides is 1. The van der Waals surface area contributed by atoms with Gasteiger partial charge in [-0.1, -0.05) is 17.7 Å². The first-order valence-electron chi connectivity index (χ1n) is 5.19. The number of benzene rings is 1. The summed E-state index contributed by atoms with van der Waals surface area (Å²) in [4.78, 5) is 15.9. The van der Waals surface area contributed by atoms with Crippen LogP contribution in [0.15, 0.2) is 48.7 Å². The largest absolute Gasteiger partial charge is 0.346 e. The van der Waals surface area contributed by atoms with E-state index in [1.165, 1.54) is 0 Å². The van der Waals surface area contributed by atoms with Gasteiger partial charge in [0.1, 0.15) is 0 Å². The molecular formula is C13H11ClN2O. The number of halogens is 1. The predicted octanol–water partition coefficient (Wildman–Crippen LogP) is 2.67. The molecule has 0 spiro atoms. The molecule has 0 fully saturated rings. The van der Waals surface area contributed by atoms with Gasteiger partial charge in [-0.05, 0) is 36.4 Å². The van der Waals surface area contributed by atoms with Crippen LogP contribution in [0.4, 0.5) is 0 Å². The third-order valence-corrected chi connectivity index (χ3v) is 2.51. The molecule has 0 saturated heterocycles. The van der Waals surface area contributed by atoms with E-state index in [-0.39, 0.29) is 5.91 Å². The van der Waals surface area contributed by atoms with Gasteiger partial charge in [-0.25, -0.2) is 0 Å². The highest BCUT2D eigenvalue weighted by Gasteiger charge is 2.04. The lowest BCUT2D eigenvalue weighted by Gasteiger charge is -2.04. The van der Waals surface area contributed by atoms with Crippen molar-refractivity contribution in [3.63, 3.8) is 0 Å². The van der Waals surface area contributed by atoms with Crippen molar-refractivity contribution in [2.45, 2.75) is 6.54 Å².